The molecule has 0 unspecified atom stereocenters. The van der Waals surface area contributed by atoms with E-state index in [1.54, 1.807) is 25.4 Å². The second-order valence-electron chi connectivity index (χ2n) is 3.30. The second-order valence-corrected chi connectivity index (χ2v) is 3.30. The first-order valence-electron chi connectivity index (χ1n) is 4.57. The maximum Gasteiger partial charge on any atom is 0.215 e. The van der Waals surface area contributed by atoms with Crippen molar-refractivity contribution >= 4 is 11.5 Å². The summed E-state index contributed by atoms with van der Waals surface area (Å²) in [6.45, 7) is 0. The fraction of sp³-hybridized carbons (Fsp3) is 0.0909. The molecule has 0 aliphatic heterocycles. The zero-order chi connectivity index (χ0) is 10.8. The highest BCUT2D eigenvalue weighted by Crippen LogP contribution is 2.13. The van der Waals surface area contributed by atoms with Gasteiger partial charge in [-0.2, -0.15) is 5.10 Å². The first kappa shape index (κ1) is 9.45. The number of benzene rings is 1. The van der Waals surface area contributed by atoms with E-state index in [0.717, 1.165) is 0 Å². The Balaban J connectivity index is 2.41. The zero-order valence-corrected chi connectivity index (χ0v) is 8.34. The summed E-state index contributed by atoms with van der Waals surface area (Å²) in [4.78, 5) is 11.9. The molecule has 0 saturated carbocycles. The molecule has 4 nitrogen and oxygen atoms in total. The lowest BCUT2D eigenvalue weighted by molar-refractivity contribution is 0.103. The average molecular weight is 201 g/mol. The summed E-state index contributed by atoms with van der Waals surface area (Å²) in [6.07, 6.45) is 1.62. The molecule has 76 valence electrons. The van der Waals surface area contributed by atoms with Crippen LogP contribution in [0.3, 0.4) is 0 Å². The van der Waals surface area contributed by atoms with Crippen molar-refractivity contribution < 1.29 is 4.79 Å². The van der Waals surface area contributed by atoms with Crippen LogP contribution in [0.15, 0.2) is 36.5 Å². The molecule has 1 aromatic heterocycles. The Bertz CT molecular complexity index is 488. The van der Waals surface area contributed by atoms with Gasteiger partial charge in [0.2, 0.25) is 5.78 Å². The van der Waals surface area contributed by atoms with Gasteiger partial charge in [0, 0.05) is 18.8 Å². The van der Waals surface area contributed by atoms with Crippen LogP contribution >= 0.6 is 0 Å². The van der Waals surface area contributed by atoms with Crippen molar-refractivity contribution in [2.24, 2.45) is 7.05 Å². The van der Waals surface area contributed by atoms with Crippen LogP contribution in [0.1, 0.15) is 16.1 Å². The summed E-state index contributed by atoms with van der Waals surface area (Å²) in [6, 6.07) is 8.98. The van der Waals surface area contributed by atoms with Crippen molar-refractivity contribution in [3.05, 3.63) is 47.8 Å². The van der Waals surface area contributed by atoms with Gasteiger partial charge in [-0.3, -0.25) is 9.48 Å². The fourth-order valence-corrected chi connectivity index (χ4v) is 1.41. The second kappa shape index (κ2) is 3.57. The molecule has 0 aliphatic carbocycles. The minimum atomic E-state index is -0.145. The molecule has 1 heterocycles. The maximum atomic E-state index is 11.9. The topological polar surface area (TPSA) is 60.9 Å². The van der Waals surface area contributed by atoms with E-state index in [-0.39, 0.29) is 5.78 Å². The summed E-state index contributed by atoms with van der Waals surface area (Å²) in [5.74, 6) is -0.145. The average Bonchev–Trinajstić information content (AvgIpc) is 2.58. The van der Waals surface area contributed by atoms with Crippen LogP contribution in [0.25, 0.3) is 0 Å². The summed E-state index contributed by atoms with van der Waals surface area (Å²) < 4.78 is 1.53. The fourth-order valence-electron chi connectivity index (χ4n) is 1.41. The molecule has 0 amide bonds. The van der Waals surface area contributed by atoms with Gasteiger partial charge in [0.1, 0.15) is 0 Å². The molecule has 2 rings (SSSR count). The van der Waals surface area contributed by atoms with Crippen LogP contribution < -0.4 is 5.73 Å². The SMILES string of the molecule is Cn1cc(N)c(C(=O)c2ccccc2)n1. The number of nitrogen functional groups attached to an aromatic ring is 1. The number of nitrogens with two attached hydrogens (primary N) is 1. The van der Waals surface area contributed by atoms with Crippen molar-refractivity contribution in [2.45, 2.75) is 0 Å². The number of nitrogens with zero attached hydrogens (tertiary/aromatic N) is 2. The Kier molecular flexibility index (Phi) is 2.25. The molecule has 0 bridgehead atoms. The van der Waals surface area contributed by atoms with Crippen molar-refractivity contribution in [1.29, 1.82) is 0 Å². The maximum absolute atomic E-state index is 11.9. The molecule has 0 atom stereocenters. The Morgan fingerprint density at radius 3 is 2.53 bits per heavy atom. The molecule has 2 aromatic rings. The number of rotatable bonds is 2. The van der Waals surface area contributed by atoms with Crippen molar-refractivity contribution in [1.82, 2.24) is 9.78 Å². The number of carbonyl (C=O) groups is 1. The van der Waals surface area contributed by atoms with Crippen LogP contribution in [-0.4, -0.2) is 15.6 Å². The van der Waals surface area contributed by atoms with Gasteiger partial charge in [0.25, 0.3) is 0 Å². The van der Waals surface area contributed by atoms with Crippen LogP contribution in [0.2, 0.25) is 0 Å². The third-order valence-corrected chi connectivity index (χ3v) is 2.11. The highest BCUT2D eigenvalue weighted by molar-refractivity contribution is 6.10. The third kappa shape index (κ3) is 1.74. The molecule has 0 saturated heterocycles. The van der Waals surface area contributed by atoms with Crippen LogP contribution in [0.5, 0.6) is 0 Å². The van der Waals surface area contributed by atoms with Crippen molar-refractivity contribution in [2.75, 3.05) is 5.73 Å². The lowest BCUT2D eigenvalue weighted by Crippen LogP contribution is -2.05. The van der Waals surface area contributed by atoms with Crippen molar-refractivity contribution in [3.8, 4) is 0 Å². The van der Waals surface area contributed by atoms with Gasteiger partial charge in [-0.15, -0.1) is 0 Å². The number of hydrogen-bond donors (Lipinski definition) is 1. The van der Waals surface area contributed by atoms with E-state index < -0.39 is 0 Å². The molecule has 1 aromatic carbocycles. The molecule has 2 N–H and O–H groups in total. The molecule has 15 heavy (non-hydrogen) atoms. The zero-order valence-electron chi connectivity index (χ0n) is 8.34. The Labute approximate surface area is 87.3 Å². The smallest absolute Gasteiger partial charge is 0.215 e. The van der Waals surface area contributed by atoms with Crippen molar-refractivity contribution in [3.63, 3.8) is 0 Å². The lowest BCUT2D eigenvalue weighted by Gasteiger charge is -1.97. The van der Waals surface area contributed by atoms with E-state index in [1.165, 1.54) is 4.68 Å². The van der Waals surface area contributed by atoms with Crippen LogP contribution in [0.4, 0.5) is 5.69 Å². The Morgan fingerprint density at radius 2 is 2.00 bits per heavy atom. The third-order valence-electron chi connectivity index (χ3n) is 2.11. The highest BCUT2D eigenvalue weighted by atomic mass is 16.1. The predicted molar refractivity (Wildman–Crippen MR) is 57.5 cm³/mol. The minimum Gasteiger partial charge on any atom is -0.396 e. The molecule has 0 radical (unpaired) electrons. The Morgan fingerprint density at radius 1 is 1.33 bits per heavy atom. The first-order chi connectivity index (χ1) is 7.18. The minimum absolute atomic E-state index is 0.145. The van der Waals surface area contributed by atoms with E-state index in [0.29, 0.717) is 16.9 Å². The largest absolute Gasteiger partial charge is 0.396 e. The number of aryl methyl sites for hydroxylation is 1. The standard InChI is InChI=1S/C11H11N3O/c1-14-7-9(12)10(13-14)11(15)8-5-3-2-4-6-8/h2-7H,12H2,1H3. The number of anilines is 1. The van der Waals surface area contributed by atoms with E-state index in [9.17, 15) is 4.79 Å². The number of aromatic nitrogens is 2. The summed E-state index contributed by atoms with van der Waals surface area (Å²) >= 11 is 0. The molecule has 0 aliphatic rings. The van der Waals surface area contributed by atoms with Gasteiger partial charge in [-0.25, -0.2) is 0 Å². The van der Waals surface area contributed by atoms with Crippen LogP contribution in [-0.2, 0) is 7.05 Å². The molecule has 0 fully saturated rings. The highest BCUT2D eigenvalue weighted by Gasteiger charge is 2.15. The normalized spacial score (nSPS) is 10.2. The number of carbonyl (C=O) groups excluding carboxylic acids is 1. The monoisotopic (exact) mass is 201 g/mol. The van der Waals surface area contributed by atoms with Gasteiger partial charge in [-0.1, -0.05) is 30.3 Å². The quantitative estimate of drug-likeness (QED) is 0.743. The van der Waals surface area contributed by atoms with E-state index in [2.05, 4.69) is 5.10 Å². The van der Waals surface area contributed by atoms with Gasteiger partial charge in [0.15, 0.2) is 5.69 Å². The molecular formula is C11H11N3O. The van der Waals surface area contributed by atoms with Crippen LogP contribution in [0, 0.1) is 0 Å². The van der Waals surface area contributed by atoms with E-state index in [1.807, 2.05) is 18.2 Å². The first-order valence-corrected chi connectivity index (χ1v) is 4.57. The van der Waals surface area contributed by atoms with Gasteiger partial charge < -0.3 is 5.73 Å². The molecular weight excluding hydrogens is 190 g/mol. The van der Waals surface area contributed by atoms with Gasteiger partial charge in [0.05, 0.1) is 5.69 Å². The summed E-state index contributed by atoms with van der Waals surface area (Å²) in [7, 11) is 1.73. The molecule has 4 heteroatoms. The summed E-state index contributed by atoms with van der Waals surface area (Å²) in [5.41, 5.74) is 6.99. The van der Waals surface area contributed by atoms with Gasteiger partial charge in [-0.05, 0) is 0 Å². The van der Waals surface area contributed by atoms with Gasteiger partial charge >= 0.3 is 0 Å². The lowest BCUT2D eigenvalue weighted by atomic mass is 10.1. The van der Waals surface area contributed by atoms with E-state index in [4.69, 9.17) is 5.73 Å². The predicted octanol–water partition coefficient (Wildman–Crippen LogP) is 1.23. The summed E-state index contributed by atoms with van der Waals surface area (Å²) in [5, 5.41) is 4.03. The van der Waals surface area contributed by atoms with E-state index >= 15 is 0 Å². The number of hydrogen-bond acceptors (Lipinski definition) is 3. The number of ketones is 1. The molecule has 0 spiro atoms. The Hall–Kier alpha value is -2.10.